The van der Waals surface area contributed by atoms with E-state index in [4.69, 9.17) is 10.2 Å². The molecule has 0 spiro atoms. The van der Waals surface area contributed by atoms with Crippen LogP contribution in [0.5, 0.6) is 0 Å². The van der Waals surface area contributed by atoms with Crippen LogP contribution in [0.25, 0.3) is 0 Å². The van der Waals surface area contributed by atoms with Crippen LogP contribution in [0.1, 0.15) is 25.7 Å². The number of carboxylic acid groups (broad SMARTS) is 1. The van der Waals surface area contributed by atoms with Gasteiger partial charge >= 0.3 is 12.0 Å². The van der Waals surface area contributed by atoms with Crippen LogP contribution in [0.3, 0.4) is 0 Å². The third-order valence-electron chi connectivity index (χ3n) is 3.01. The largest absolute Gasteiger partial charge is 0.481 e. The highest BCUT2D eigenvalue weighted by molar-refractivity contribution is 7.89. The van der Waals surface area contributed by atoms with Crippen LogP contribution in [0, 0.1) is 5.92 Å². The van der Waals surface area contributed by atoms with Gasteiger partial charge in [-0.3, -0.25) is 4.79 Å². The van der Waals surface area contributed by atoms with Gasteiger partial charge in [-0.1, -0.05) is 0 Å². The van der Waals surface area contributed by atoms with Crippen LogP contribution in [0.15, 0.2) is 0 Å². The Morgan fingerprint density at radius 3 is 2.53 bits per heavy atom. The Balaban J connectivity index is 2.17. The van der Waals surface area contributed by atoms with E-state index >= 15 is 0 Å². The van der Waals surface area contributed by atoms with Crippen molar-refractivity contribution in [1.29, 1.82) is 0 Å². The van der Waals surface area contributed by atoms with Crippen molar-refractivity contribution in [1.82, 2.24) is 10.6 Å². The smallest absolute Gasteiger partial charge is 0.315 e. The third kappa shape index (κ3) is 6.39. The average Bonchev–Trinajstić information content (AvgIpc) is 2.71. The zero-order chi connectivity index (χ0) is 14.5. The highest BCUT2D eigenvalue weighted by Gasteiger charge is 2.30. The summed E-state index contributed by atoms with van der Waals surface area (Å²) in [6, 6.07) is -0.551. The molecular formula is C10H19N3O5S. The summed E-state index contributed by atoms with van der Waals surface area (Å²) in [6.07, 6.45) is 1.88. The number of carbonyl (C=O) groups is 2. The molecule has 110 valence electrons. The SMILES string of the molecule is NS(=O)(=O)CCCNC(=O)NC1CCC(C(=O)O)C1. The van der Waals surface area contributed by atoms with Crippen molar-refractivity contribution < 1.29 is 23.1 Å². The van der Waals surface area contributed by atoms with E-state index in [0.717, 1.165) is 0 Å². The molecule has 1 saturated carbocycles. The van der Waals surface area contributed by atoms with E-state index in [1.807, 2.05) is 0 Å². The number of nitrogens with two attached hydrogens (primary N) is 1. The van der Waals surface area contributed by atoms with Crippen LogP contribution in [0.4, 0.5) is 4.79 Å². The van der Waals surface area contributed by atoms with Gasteiger partial charge in [-0.2, -0.15) is 0 Å². The third-order valence-corrected chi connectivity index (χ3v) is 3.87. The lowest BCUT2D eigenvalue weighted by Crippen LogP contribution is -2.41. The molecule has 2 atom stereocenters. The van der Waals surface area contributed by atoms with Crippen molar-refractivity contribution in [3.8, 4) is 0 Å². The van der Waals surface area contributed by atoms with Crippen molar-refractivity contribution in [3.63, 3.8) is 0 Å². The van der Waals surface area contributed by atoms with E-state index in [0.29, 0.717) is 19.3 Å². The molecule has 8 nitrogen and oxygen atoms in total. The quantitative estimate of drug-likeness (QED) is 0.476. The molecule has 0 aromatic carbocycles. The summed E-state index contributed by atoms with van der Waals surface area (Å²) in [5.41, 5.74) is 0. The first-order chi connectivity index (χ1) is 8.78. The minimum absolute atomic E-state index is 0.139. The molecule has 19 heavy (non-hydrogen) atoms. The summed E-state index contributed by atoms with van der Waals surface area (Å²) < 4.78 is 21.3. The number of hydrogen-bond donors (Lipinski definition) is 4. The molecule has 2 unspecified atom stereocenters. The van der Waals surface area contributed by atoms with Crippen LogP contribution < -0.4 is 15.8 Å². The predicted molar refractivity (Wildman–Crippen MR) is 67.9 cm³/mol. The number of primary sulfonamides is 1. The van der Waals surface area contributed by atoms with Gasteiger partial charge in [0.1, 0.15) is 0 Å². The Labute approximate surface area is 111 Å². The lowest BCUT2D eigenvalue weighted by molar-refractivity contribution is -0.141. The maximum absolute atomic E-state index is 11.4. The molecule has 0 bridgehead atoms. The second-order valence-corrected chi connectivity index (χ2v) is 6.40. The topological polar surface area (TPSA) is 139 Å². The fraction of sp³-hybridized carbons (Fsp3) is 0.800. The van der Waals surface area contributed by atoms with Gasteiger partial charge in [0, 0.05) is 12.6 Å². The molecule has 5 N–H and O–H groups in total. The second kappa shape index (κ2) is 6.71. The van der Waals surface area contributed by atoms with E-state index in [9.17, 15) is 18.0 Å². The monoisotopic (exact) mass is 293 g/mol. The first-order valence-corrected chi connectivity index (χ1v) is 7.77. The van der Waals surface area contributed by atoms with Gasteiger partial charge in [0.2, 0.25) is 10.0 Å². The summed E-state index contributed by atoms with van der Waals surface area (Å²) in [5, 5.41) is 18.8. The number of carbonyl (C=O) groups excluding carboxylic acids is 1. The van der Waals surface area contributed by atoms with E-state index in [2.05, 4.69) is 10.6 Å². The molecule has 0 heterocycles. The fourth-order valence-electron chi connectivity index (χ4n) is 2.05. The number of sulfonamides is 1. The summed E-state index contributed by atoms with van der Waals surface area (Å²) in [6.45, 7) is 0.206. The van der Waals surface area contributed by atoms with E-state index in [1.54, 1.807) is 0 Å². The number of rotatable bonds is 6. The molecule has 9 heteroatoms. The van der Waals surface area contributed by atoms with Crippen LogP contribution in [-0.2, 0) is 14.8 Å². The van der Waals surface area contributed by atoms with E-state index in [1.165, 1.54) is 0 Å². The fourth-order valence-corrected chi connectivity index (χ4v) is 2.60. The molecule has 2 amide bonds. The predicted octanol–water partition coefficient (Wildman–Crippen LogP) is -0.782. The highest BCUT2D eigenvalue weighted by Crippen LogP contribution is 2.25. The summed E-state index contributed by atoms with van der Waals surface area (Å²) in [5.74, 6) is -1.41. The van der Waals surface area contributed by atoms with Gasteiger partial charge < -0.3 is 15.7 Å². The summed E-state index contributed by atoms with van der Waals surface area (Å²) in [4.78, 5) is 22.2. The Morgan fingerprint density at radius 1 is 1.32 bits per heavy atom. The molecule has 0 aromatic rings. The normalized spacial score (nSPS) is 23.0. The van der Waals surface area contributed by atoms with E-state index in [-0.39, 0.29) is 24.8 Å². The minimum Gasteiger partial charge on any atom is -0.481 e. The molecule has 1 rings (SSSR count). The lowest BCUT2D eigenvalue weighted by Gasteiger charge is -2.13. The van der Waals surface area contributed by atoms with Gasteiger partial charge in [-0.25, -0.2) is 18.4 Å². The van der Waals surface area contributed by atoms with Gasteiger partial charge in [0.15, 0.2) is 0 Å². The molecule has 1 fully saturated rings. The zero-order valence-electron chi connectivity index (χ0n) is 10.5. The van der Waals surface area contributed by atoms with Gasteiger partial charge in [-0.15, -0.1) is 0 Å². The van der Waals surface area contributed by atoms with Gasteiger partial charge in [0.25, 0.3) is 0 Å². The average molecular weight is 293 g/mol. The maximum Gasteiger partial charge on any atom is 0.315 e. The summed E-state index contributed by atoms with van der Waals surface area (Å²) >= 11 is 0. The molecular weight excluding hydrogens is 274 g/mol. The zero-order valence-corrected chi connectivity index (χ0v) is 11.3. The van der Waals surface area contributed by atoms with Gasteiger partial charge in [-0.05, 0) is 25.7 Å². The van der Waals surface area contributed by atoms with Gasteiger partial charge in [0.05, 0.1) is 11.7 Å². The highest BCUT2D eigenvalue weighted by atomic mass is 32.2. The number of amides is 2. The molecule has 0 saturated heterocycles. The molecule has 1 aliphatic carbocycles. The molecule has 1 aliphatic rings. The summed E-state index contributed by atoms with van der Waals surface area (Å²) in [7, 11) is -3.50. The van der Waals surface area contributed by atoms with Crippen LogP contribution in [0.2, 0.25) is 0 Å². The molecule has 0 radical (unpaired) electrons. The number of nitrogens with one attached hydrogen (secondary N) is 2. The second-order valence-electron chi connectivity index (χ2n) is 4.67. The Morgan fingerprint density at radius 2 is 2.00 bits per heavy atom. The number of aliphatic carboxylic acids is 1. The Hall–Kier alpha value is -1.35. The minimum atomic E-state index is -3.50. The molecule has 0 aliphatic heterocycles. The standard InChI is InChI=1S/C10H19N3O5S/c11-19(17,18)5-1-4-12-10(16)13-8-3-2-7(6-8)9(14)15/h7-8H,1-6H2,(H,14,15)(H2,11,17,18)(H2,12,13,16). The number of urea groups is 1. The van der Waals surface area contributed by atoms with Crippen molar-refractivity contribution >= 4 is 22.0 Å². The van der Waals surface area contributed by atoms with Crippen LogP contribution in [-0.4, -0.2) is 43.9 Å². The Kier molecular flexibility index (Phi) is 5.55. The van der Waals surface area contributed by atoms with Crippen molar-refractivity contribution in [2.75, 3.05) is 12.3 Å². The lowest BCUT2D eigenvalue weighted by atomic mass is 10.1. The van der Waals surface area contributed by atoms with Crippen LogP contribution >= 0.6 is 0 Å². The van der Waals surface area contributed by atoms with Crippen molar-refractivity contribution in [3.05, 3.63) is 0 Å². The molecule has 0 aromatic heterocycles. The van der Waals surface area contributed by atoms with Crippen molar-refractivity contribution in [2.24, 2.45) is 11.1 Å². The first kappa shape index (κ1) is 15.7. The van der Waals surface area contributed by atoms with Crippen molar-refractivity contribution in [2.45, 2.75) is 31.7 Å². The Bertz CT molecular complexity index is 436. The number of hydrogen-bond acceptors (Lipinski definition) is 4. The first-order valence-electron chi connectivity index (χ1n) is 6.05. The maximum atomic E-state index is 11.4. The van der Waals surface area contributed by atoms with E-state index < -0.39 is 27.9 Å². The number of carboxylic acids is 1.